The topological polar surface area (TPSA) is 120 Å². The number of amides is 1. The van der Waals surface area contributed by atoms with Crippen LogP contribution in [0, 0.1) is 17.0 Å². The maximum absolute atomic E-state index is 12.6. The van der Waals surface area contributed by atoms with Crippen LogP contribution < -0.4 is 10.6 Å². The lowest BCUT2D eigenvalue weighted by Crippen LogP contribution is -2.30. The van der Waals surface area contributed by atoms with E-state index in [1.54, 1.807) is 12.1 Å². The van der Waals surface area contributed by atoms with Crippen molar-refractivity contribution in [1.82, 2.24) is 0 Å². The van der Waals surface area contributed by atoms with Crippen molar-refractivity contribution in [3.63, 3.8) is 0 Å². The van der Waals surface area contributed by atoms with E-state index in [0.29, 0.717) is 24.5 Å². The standard InChI is InChI=1S/C20H23N3O6/c1-13-4-6-15(7-5-13)22-19(24)14(2)29-20(25)17-12-16(23(26)27)8-9-18(17)21-10-11-28-3/h4-9,12,14,21H,10-11H2,1-3H3,(H,22,24)/t14-/m0/s1. The molecule has 9 nitrogen and oxygen atoms in total. The van der Waals surface area contributed by atoms with Gasteiger partial charge in [-0.05, 0) is 32.0 Å². The van der Waals surface area contributed by atoms with Crippen molar-refractivity contribution in [2.45, 2.75) is 20.0 Å². The van der Waals surface area contributed by atoms with Crippen molar-refractivity contribution in [1.29, 1.82) is 0 Å². The fourth-order valence-corrected chi connectivity index (χ4v) is 2.41. The predicted molar refractivity (Wildman–Crippen MR) is 108 cm³/mol. The highest BCUT2D eigenvalue weighted by Gasteiger charge is 2.23. The first-order valence-corrected chi connectivity index (χ1v) is 8.91. The number of aryl methyl sites for hydroxylation is 1. The van der Waals surface area contributed by atoms with Crippen molar-refractivity contribution >= 4 is 28.9 Å². The van der Waals surface area contributed by atoms with Crippen molar-refractivity contribution in [3.8, 4) is 0 Å². The lowest BCUT2D eigenvalue weighted by molar-refractivity contribution is -0.384. The van der Waals surface area contributed by atoms with Gasteiger partial charge in [-0.1, -0.05) is 17.7 Å². The number of methoxy groups -OCH3 is 1. The Balaban J connectivity index is 2.12. The van der Waals surface area contributed by atoms with Gasteiger partial charge in [-0.2, -0.15) is 0 Å². The molecule has 1 amide bonds. The van der Waals surface area contributed by atoms with E-state index in [4.69, 9.17) is 9.47 Å². The van der Waals surface area contributed by atoms with Crippen LogP contribution in [0.1, 0.15) is 22.8 Å². The minimum Gasteiger partial charge on any atom is -0.449 e. The Kier molecular flexibility index (Phi) is 7.67. The van der Waals surface area contributed by atoms with Crippen molar-refractivity contribution in [2.24, 2.45) is 0 Å². The van der Waals surface area contributed by atoms with Crippen LogP contribution in [0.3, 0.4) is 0 Å². The number of nitrogens with one attached hydrogen (secondary N) is 2. The van der Waals surface area contributed by atoms with Gasteiger partial charge in [0, 0.05) is 37.2 Å². The van der Waals surface area contributed by atoms with E-state index in [2.05, 4.69) is 10.6 Å². The van der Waals surface area contributed by atoms with Crippen LogP contribution >= 0.6 is 0 Å². The molecular weight excluding hydrogens is 378 g/mol. The van der Waals surface area contributed by atoms with E-state index in [-0.39, 0.29) is 11.3 Å². The van der Waals surface area contributed by atoms with Gasteiger partial charge in [0.1, 0.15) is 0 Å². The zero-order valence-corrected chi connectivity index (χ0v) is 16.4. The number of anilines is 2. The molecule has 29 heavy (non-hydrogen) atoms. The van der Waals surface area contributed by atoms with Crippen molar-refractivity contribution in [2.75, 3.05) is 30.9 Å². The van der Waals surface area contributed by atoms with Gasteiger partial charge in [0.15, 0.2) is 6.10 Å². The van der Waals surface area contributed by atoms with Gasteiger partial charge in [-0.3, -0.25) is 14.9 Å². The first-order chi connectivity index (χ1) is 13.8. The Labute approximate surface area is 168 Å². The average Bonchev–Trinajstić information content (AvgIpc) is 2.69. The Bertz CT molecular complexity index is 882. The zero-order valence-electron chi connectivity index (χ0n) is 16.4. The van der Waals surface area contributed by atoms with Crippen LogP contribution in [0.2, 0.25) is 0 Å². The molecule has 2 aromatic carbocycles. The largest absolute Gasteiger partial charge is 0.449 e. The lowest BCUT2D eigenvalue weighted by Gasteiger charge is -2.16. The third-order valence-electron chi connectivity index (χ3n) is 4.03. The average molecular weight is 401 g/mol. The molecule has 0 heterocycles. The maximum Gasteiger partial charge on any atom is 0.341 e. The van der Waals surface area contributed by atoms with E-state index in [9.17, 15) is 19.7 Å². The molecule has 0 unspecified atom stereocenters. The van der Waals surface area contributed by atoms with E-state index in [0.717, 1.165) is 11.6 Å². The van der Waals surface area contributed by atoms with Gasteiger partial charge in [0.2, 0.25) is 0 Å². The Morgan fingerprint density at radius 1 is 1.17 bits per heavy atom. The van der Waals surface area contributed by atoms with Crippen LogP contribution in [-0.2, 0) is 14.3 Å². The summed E-state index contributed by atoms with van der Waals surface area (Å²) in [5.74, 6) is -1.36. The Morgan fingerprint density at radius 2 is 1.86 bits per heavy atom. The van der Waals surface area contributed by atoms with Gasteiger partial charge < -0.3 is 20.1 Å². The first-order valence-electron chi connectivity index (χ1n) is 8.91. The van der Waals surface area contributed by atoms with Gasteiger partial charge in [0.25, 0.3) is 11.6 Å². The molecule has 1 atom stereocenters. The fraction of sp³-hybridized carbons (Fsp3) is 0.300. The second-order valence-corrected chi connectivity index (χ2v) is 6.31. The summed E-state index contributed by atoms with van der Waals surface area (Å²) in [4.78, 5) is 35.3. The summed E-state index contributed by atoms with van der Waals surface area (Å²) in [6.45, 7) is 4.11. The number of carbonyl (C=O) groups excluding carboxylic acids is 2. The highest BCUT2D eigenvalue weighted by molar-refractivity contribution is 6.00. The van der Waals surface area contributed by atoms with Crippen LogP contribution in [0.25, 0.3) is 0 Å². The molecule has 0 bridgehead atoms. The molecule has 0 aliphatic heterocycles. The van der Waals surface area contributed by atoms with Crippen LogP contribution in [0.5, 0.6) is 0 Å². The van der Waals surface area contributed by atoms with Gasteiger partial charge in [-0.15, -0.1) is 0 Å². The first kappa shape index (κ1) is 21.8. The monoisotopic (exact) mass is 401 g/mol. The molecule has 0 aliphatic rings. The second-order valence-electron chi connectivity index (χ2n) is 6.31. The fourth-order valence-electron chi connectivity index (χ4n) is 2.41. The van der Waals surface area contributed by atoms with E-state index >= 15 is 0 Å². The second kappa shape index (κ2) is 10.2. The number of nitrogens with zero attached hydrogens (tertiary/aromatic N) is 1. The third-order valence-corrected chi connectivity index (χ3v) is 4.03. The molecule has 154 valence electrons. The number of carbonyl (C=O) groups is 2. The summed E-state index contributed by atoms with van der Waals surface area (Å²) in [6, 6.07) is 11.0. The summed E-state index contributed by atoms with van der Waals surface area (Å²) < 4.78 is 10.2. The van der Waals surface area contributed by atoms with Crippen LogP contribution in [0.15, 0.2) is 42.5 Å². The quantitative estimate of drug-likeness (QED) is 0.287. The van der Waals surface area contributed by atoms with Crippen LogP contribution in [-0.4, -0.2) is 43.2 Å². The number of ether oxygens (including phenoxy) is 2. The molecule has 0 aromatic heterocycles. The maximum atomic E-state index is 12.6. The molecule has 0 saturated heterocycles. The summed E-state index contributed by atoms with van der Waals surface area (Å²) in [5.41, 5.74) is 1.67. The number of nitro benzene ring substituents is 1. The number of nitro groups is 1. The number of benzene rings is 2. The summed E-state index contributed by atoms with van der Waals surface area (Å²) >= 11 is 0. The van der Waals surface area contributed by atoms with Crippen molar-refractivity contribution < 1.29 is 24.0 Å². The molecule has 2 N–H and O–H groups in total. The predicted octanol–water partition coefficient (Wildman–Crippen LogP) is 3.15. The van der Waals surface area contributed by atoms with Gasteiger partial charge >= 0.3 is 5.97 Å². The van der Waals surface area contributed by atoms with Gasteiger partial charge in [0.05, 0.1) is 17.1 Å². The molecule has 0 saturated carbocycles. The molecule has 2 rings (SSSR count). The molecule has 9 heteroatoms. The van der Waals surface area contributed by atoms with E-state index < -0.39 is 22.9 Å². The number of hydrogen-bond acceptors (Lipinski definition) is 7. The molecular formula is C20H23N3O6. The summed E-state index contributed by atoms with van der Waals surface area (Å²) in [5, 5.41) is 16.7. The Morgan fingerprint density at radius 3 is 2.48 bits per heavy atom. The minimum absolute atomic E-state index is 0.0368. The molecule has 0 fully saturated rings. The number of esters is 1. The molecule has 0 spiro atoms. The van der Waals surface area contributed by atoms with E-state index in [1.165, 1.54) is 26.2 Å². The summed E-state index contributed by atoms with van der Waals surface area (Å²) in [6.07, 6.45) is -1.10. The molecule has 0 aliphatic carbocycles. The normalized spacial score (nSPS) is 11.4. The Hall–Kier alpha value is -3.46. The van der Waals surface area contributed by atoms with Gasteiger partial charge in [-0.25, -0.2) is 4.79 Å². The highest BCUT2D eigenvalue weighted by Crippen LogP contribution is 2.23. The number of hydrogen-bond donors (Lipinski definition) is 2. The van der Waals surface area contributed by atoms with Crippen LogP contribution in [0.4, 0.5) is 17.1 Å². The number of non-ortho nitro benzene ring substituents is 1. The van der Waals surface area contributed by atoms with E-state index in [1.807, 2.05) is 19.1 Å². The third kappa shape index (κ3) is 6.28. The lowest BCUT2D eigenvalue weighted by atomic mass is 10.1. The highest BCUT2D eigenvalue weighted by atomic mass is 16.6. The molecule has 0 radical (unpaired) electrons. The number of rotatable bonds is 9. The molecule has 2 aromatic rings. The summed E-state index contributed by atoms with van der Waals surface area (Å²) in [7, 11) is 1.53. The smallest absolute Gasteiger partial charge is 0.341 e. The zero-order chi connectivity index (χ0) is 21.4. The minimum atomic E-state index is -1.10. The SMILES string of the molecule is COCCNc1ccc([N+](=O)[O-])cc1C(=O)O[C@@H](C)C(=O)Nc1ccc(C)cc1. The van der Waals surface area contributed by atoms with Crippen molar-refractivity contribution in [3.05, 3.63) is 63.7 Å².